The molecule has 0 unspecified atom stereocenters. The number of hydrogen-bond donors (Lipinski definition) is 1. The second kappa shape index (κ2) is 11.1. The van der Waals surface area contributed by atoms with Crippen LogP contribution in [0.3, 0.4) is 0 Å². The van der Waals surface area contributed by atoms with Crippen LogP contribution in [0.15, 0.2) is 121 Å². The molecule has 0 bridgehead atoms. The predicted molar refractivity (Wildman–Crippen MR) is 142 cm³/mol. The van der Waals surface area contributed by atoms with Crippen molar-refractivity contribution in [1.82, 2.24) is 0 Å². The van der Waals surface area contributed by atoms with Crippen LogP contribution in [0, 0.1) is 0 Å². The zero-order valence-electron chi connectivity index (χ0n) is 18.6. The average Bonchev–Trinajstić information content (AvgIpc) is 2.88. The molecule has 1 fully saturated rings. The van der Waals surface area contributed by atoms with Gasteiger partial charge in [0.05, 0.1) is 0 Å². The van der Waals surface area contributed by atoms with E-state index in [0.717, 1.165) is 5.66 Å². The van der Waals surface area contributed by atoms with Gasteiger partial charge in [0.15, 0.2) is 0 Å². The van der Waals surface area contributed by atoms with Crippen molar-refractivity contribution in [3.63, 3.8) is 0 Å². The third-order valence-corrected chi connectivity index (χ3v) is 12.2. The maximum atomic E-state index is 8.63. The first-order valence-corrected chi connectivity index (χ1v) is 13.8. The number of phenols is 1. The van der Waals surface area contributed by atoms with Crippen LogP contribution in [0.25, 0.3) is 0 Å². The van der Waals surface area contributed by atoms with E-state index in [-0.39, 0.29) is 0 Å². The van der Waals surface area contributed by atoms with Crippen molar-refractivity contribution in [2.24, 2.45) is 0 Å². The van der Waals surface area contributed by atoms with Crippen molar-refractivity contribution >= 4 is 23.2 Å². The zero-order chi connectivity index (χ0) is 22.1. The number of phenolic OH excluding ortho intramolecular Hbond substituents is 1. The Bertz CT molecular complexity index is 946. The molecule has 1 N–H and O–H groups in total. The Morgan fingerprint density at radius 2 is 0.812 bits per heavy atom. The van der Waals surface area contributed by atoms with Crippen molar-refractivity contribution in [2.75, 3.05) is 0 Å². The van der Waals surface area contributed by atoms with Crippen LogP contribution in [-0.4, -0.2) is 10.8 Å². The summed E-state index contributed by atoms with van der Waals surface area (Å²) >= 11 is 0. The van der Waals surface area contributed by atoms with E-state index in [4.69, 9.17) is 5.11 Å². The molecule has 4 aromatic rings. The molecule has 0 spiro atoms. The van der Waals surface area contributed by atoms with E-state index in [9.17, 15) is 0 Å². The number of aromatic hydroxyl groups is 1. The third kappa shape index (κ3) is 4.95. The average molecular weight is 441 g/mol. The van der Waals surface area contributed by atoms with Gasteiger partial charge in [0.25, 0.3) is 0 Å². The van der Waals surface area contributed by atoms with E-state index in [0.29, 0.717) is 5.75 Å². The van der Waals surface area contributed by atoms with Crippen molar-refractivity contribution in [3.05, 3.63) is 121 Å². The third-order valence-electron chi connectivity index (χ3n) is 6.66. The molecular weight excluding hydrogens is 407 g/mol. The summed E-state index contributed by atoms with van der Waals surface area (Å²) in [5, 5.41) is 13.3. The predicted octanol–water partition coefficient (Wildman–Crippen LogP) is 6.44. The molecule has 2 heteroatoms. The Hall–Kier alpha value is -2.89. The molecule has 0 radical (unpaired) electrons. The number of hydrogen-bond acceptors (Lipinski definition) is 1. The SMILES string of the molecule is Oc1ccccc1.c1ccc([PH](c2ccccc2)(c2ccccc2)C2CCCCC2)cc1. The van der Waals surface area contributed by atoms with E-state index in [1.807, 2.05) is 6.07 Å². The first-order chi connectivity index (χ1) is 15.8. The van der Waals surface area contributed by atoms with Gasteiger partial charge in [-0.2, -0.15) is 0 Å². The van der Waals surface area contributed by atoms with Gasteiger partial charge in [-0.3, -0.25) is 0 Å². The fourth-order valence-electron chi connectivity index (χ4n) is 5.27. The Labute approximate surface area is 193 Å². The van der Waals surface area contributed by atoms with Gasteiger partial charge in [0.1, 0.15) is 5.75 Å². The van der Waals surface area contributed by atoms with Crippen LogP contribution in [0.2, 0.25) is 0 Å². The monoisotopic (exact) mass is 440 g/mol. The molecule has 164 valence electrons. The van der Waals surface area contributed by atoms with E-state index in [1.165, 1.54) is 32.1 Å². The van der Waals surface area contributed by atoms with Crippen molar-refractivity contribution in [3.8, 4) is 5.75 Å². The number of para-hydroxylation sites is 1. The van der Waals surface area contributed by atoms with Gasteiger partial charge in [-0.1, -0.05) is 18.2 Å². The standard InChI is InChI=1S/C24H27P.C6H6O/c1-5-13-21(14-6-1)25(22-15-7-2-8-16-22,23-17-9-3-10-18-23)24-19-11-4-12-20-24;7-6-4-2-1-3-5-6/h1-3,5-10,13-18,24-25H,4,11-12,19-20H2;1-5,7H. The molecule has 1 saturated carbocycles. The van der Waals surface area contributed by atoms with E-state index in [1.54, 1.807) is 40.2 Å². The summed E-state index contributed by atoms with van der Waals surface area (Å²) in [7, 11) is -2.02. The Kier molecular flexibility index (Phi) is 7.75. The molecule has 0 aromatic heterocycles. The van der Waals surface area contributed by atoms with Crippen molar-refractivity contribution < 1.29 is 5.11 Å². The molecule has 1 aliphatic carbocycles. The second-order valence-electron chi connectivity index (χ2n) is 8.58. The summed E-state index contributed by atoms with van der Waals surface area (Å²) in [6, 6.07) is 42.9. The van der Waals surface area contributed by atoms with Crippen LogP contribution >= 0.6 is 7.26 Å². The molecule has 0 amide bonds. The van der Waals surface area contributed by atoms with Crippen LogP contribution in [0.5, 0.6) is 5.75 Å². The Balaban J connectivity index is 0.000000300. The Morgan fingerprint density at radius 1 is 0.469 bits per heavy atom. The van der Waals surface area contributed by atoms with Crippen molar-refractivity contribution in [2.45, 2.75) is 37.8 Å². The normalized spacial score (nSPS) is 14.8. The first-order valence-electron chi connectivity index (χ1n) is 11.7. The summed E-state index contributed by atoms with van der Waals surface area (Å²) in [6.45, 7) is 0. The van der Waals surface area contributed by atoms with Gasteiger partial charge < -0.3 is 5.11 Å². The molecule has 1 aliphatic rings. The minimum absolute atomic E-state index is 0.322. The molecule has 5 rings (SSSR count). The van der Waals surface area contributed by atoms with Crippen LogP contribution in [-0.2, 0) is 0 Å². The van der Waals surface area contributed by atoms with Gasteiger partial charge in [0.2, 0.25) is 0 Å². The van der Waals surface area contributed by atoms with Crippen LogP contribution < -0.4 is 15.9 Å². The first kappa shape index (κ1) is 22.3. The van der Waals surface area contributed by atoms with Crippen molar-refractivity contribution in [1.29, 1.82) is 0 Å². The molecule has 0 aliphatic heterocycles. The molecule has 32 heavy (non-hydrogen) atoms. The van der Waals surface area contributed by atoms with Gasteiger partial charge in [0, 0.05) is 0 Å². The summed E-state index contributed by atoms with van der Waals surface area (Å²) in [4.78, 5) is 0. The summed E-state index contributed by atoms with van der Waals surface area (Å²) in [5.41, 5.74) is 0.786. The molecular formula is C30H33OP. The van der Waals surface area contributed by atoms with Gasteiger partial charge in [-0.15, -0.1) is 0 Å². The van der Waals surface area contributed by atoms with Crippen LogP contribution in [0.1, 0.15) is 32.1 Å². The molecule has 0 saturated heterocycles. The number of rotatable bonds is 4. The van der Waals surface area contributed by atoms with Gasteiger partial charge >= 0.3 is 152 Å². The minimum atomic E-state index is -2.02. The maximum absolute atomic E-state index is 8.63. The summed E-state index contributed by atoms with van der Waals surface area (Å²) in [5.74, 6) is 0.322. The van der Waals surface area contributed by atoms with E-state index < -0.39 is 7.26 Å². The van der Waals surface area contributed by atoms with Gasteiger partial charge in [-0.05, 0) is 12.1 Å². The molecule has 4 aromatic carbocycles. The van der Waals surface area contributed by atoms with E-state index >= 15 is 0 Å². The fourth-order valence-corrected chi connectivity index (χ4v) is 11.1. The van der Waals surface area contributed by atoms with Crippen LogP contribution in [0.4, 0.5) is 0 Å². The topological polar surface area (TPSA) is 20.2 Å². The molecule has 1 nitrogen and oxygen atoms in total. The second-order valence-corrected chi connectivity index (χ2v) is 12.7. The van der Waals surface area contributed by atoms with E-state index in [2.05, 4.69) is 91.0 Å². The summed E-state index contributed by atoms with van der Waals surface area (Å²) in [6.07, 6.45) is 6.90. The molecule has 0 atom stereocenters. The zero-order valence-corrected chi connectivity index (χ0v) is 19.6. The Morgan fingerprint density at radius 3 is 1.12 bits per heavy atom. The summed E-state index contributed by atoms with van der Waals surface area (Å²) < 4.78 is 0. The molecule has 0 heterocycles. The number of benzene rings is 4. The quantitative estimate of drug-likeness (QED) is 0.362. The fraction of sp³-hybridized carbons (Fsp3) is 0.200. The van der Waals surface area contributed by atoms with Gasteiger partial charge in [-0.25, -0.2) is 0 Å².